The topological polar surface area (TPSA) is 241 Å². The summed E-state index contributed by atoms with van der Waals surface area (Å²) in [4.78, 5) is 68.4. The number of rotatable bonds is 15. The van der Waals surface area contributed by atoms with Gasteiger partial charge >= 0.3 is 0 Å². The Balaban J connectivity index is 0.906. The predicted octanol–water partition coefficient (Wildman–Crippen LogP) is 4.07. The molecule has 0 saturated carbocycles. The van der Waals surface area contributed by atoms with Gasteiger partial charge in [-0.25, -0.2) is 9.19 Å². The molecule has 7 N–H and O–H groups in total. The van der Waals surface area contributed by atoms with Gasteiger partial charge in [-0.05, 0) is 64.8 Å². The van der Waals surface area contributed by atoms with Crippen molar-refractivity contribution in [2.45, 2.75) is 18.9 Å². The Hall–Kier alpha value is -6.91. The molecule has 0 spiro atoms. The Labute approximate surface area is 398 Å². The van der Waals surface area contributed by atoms with Gasteiger partial charge in [-0.3, -0.25) is 39.6 Å². The first-order valence-corrected chi connectivity index (χ1v) is 24.0. The molecule has 67 heavy (non-hydrogen) atoms. The van der Waals surface area contributed by atoms with Crippen LogP contribution >= 0.6 is 15.9 Å². The molecule has 3 saturated heterocycles. The first-order valence-electron chi connectivity index (χ1n) is 21.7. The van der Waals surface area contributed by atoms with Gasteiger partial charge in [0.1, 0.15) is 34.1 Å². The van der Waals surface area contributed by atoms with Crippen LogP contribution in [0.25, 0.3) is 16.6 Å². The summed E-state index contributed by atoms with van der Waals surface area (Å²) in [6.07, 6.45) is 10.3. The highest BCUT2D eigenvalue weighted by Gasteiger charge is 2.29. The highest BCUT2D eigenvalue weighted by atomic mass is 79.9. The molecule has 8 rings (SSSR count). The molecule has 350 valence electrons. The largest absolute Gasteiger partial charge is 0.494 e. The van der Waals surface area contributed by atoms with Crippen LogP contribution in [0.2, 0.25) is 0 Å². The molecule has 2 atom stereocenters. The highest BCUT2D eigenvalue weighted by Crippen LogP contribution is 2.39. The number of piperazine rings is 2. The number of imide groups is 1. The van der Waals surface area contributed by atoms with Gasteiger partial charge < -0.3 is 45.8 Å². The summed E-state index contributed by atoms with van der Waals surface area (Å²) in [5, 5.41) is 12.3. The second-order valence-corrected chi connectivity index (χ2v) is 18.0. The number of nitrogens with two attached hydrogens (primary N) is 1. The third-order valence-corrected chi connectivity index (χ3v) is 12.8. The average Bonchev–Trinajstić information content (AvgIpc) is 3.33. The van der Waals surface area contributed by atoms with Gasteiger partial charge in [0.05, 0.1) is 40.7 Å². The number of carbonyl (C=O) groups is 3. The van der Waals surface area contributed by atoms with Gasteiger partial charge in [-0.15, -0.1) is 0 Å². The van der Waals surface area contributed by atoms with E-state index in [1.807, 2.05) is 53.4 Å². The number of hydrogen-bond donors (Lipinski definition) is 6. The molecule has 3 aliphatic heterocycles. The van der Waals surface area contributed by atoms with E-state index in [1.165, 1.54) is 12.5 Å². The van der Waals surface area contributed by atoms with Crippen LogP contribution in [-0.2, 0) is 25.4 Å². The number of nitrogens with one attached hydrogen (secondary N) is 5. The predicted molar refractivity (Wildman–Crippen MR) is 267 cm³/mol. The van der Waals surface area contributed by atoms with Crippen molar-refractivity contribution in [1.29, 1.82) is 0 Å². The molecule has 3 aliphatic rings. The number of fused-ring (bicyclic) bond motifs is 1. The van der Waals surface area contributed by atoms with E-state index < -0.39 is 17.0 Å². The third-order valence-electron chi connectivity index (χ3n) is 11.7. The smallest absolute Gasteiger partial charge is 0.249 e. The third kappa shape index (κ3) is 11.0. The normalized spacial score (nSPS) is 17.6. The van der Waals surface area contributed by atoms with Gasteiger partial charge in [-0.1, -0.05) is 0 Å². The molecule has 2 aromatic heterocycles. The zero-order chi connectivity index (χ0) is 47.0. The Morgan fingerprint density at radius 3 is 2.42 bits per heavy atom. The van der Waals surface area contributed by atoms with Crippen LogP contribution in [0.4, 0.5) is 45.9 Å². The van der Waals surface area contributed by atoms with Gasteiger partial charge in [0.15, 0.2) is 0 Å². The van der Waals surface area contributed by atoms with Gasteiger partial charge in [0, 0.05) is 137 Å². The number of aliphatic imine (C=N–C) groups is 1. The number of piperidine rings is 1. The quantitative estimate of drug-likeness (QED) is 0.0640. The van der Waals surface area contributed by atoms with E-state index >= 15 is 0 Å². The molecular weight excluding hydrogens is 943 g/mol. The molecule has 3 aromatic carbocycles. The fourth-order valence-electron chi connectivity index (χ4n) is 8.27. The maximum Gasteiger partial charge on any atom is 0.249 e. The monoisotopic (exact) mass is 993 g/mol. The Bertz CT molecular complexity index is 2730. The summed E-state index contributed by atoms with van der Waals surface area (Å²) in [7, 11) is 1.88. The number of carbonyl (C=O) groups excluding carboxylic acids is 3. The maximum atomic E-state index is 13.7. The molecule has 22 heteroatoms. The average molecular weight is 995 g/mol. The lowest BCUT2D eigenvalue weighted by Gasteiger charge is -2.39. The summed E-state index contributed by atoms with van der Waals surface area (Å²) < 4.78 is 21.8. The highest BCUT2D eigenvalue weighted by molar-refractivity contribution is 9.10. The van der Waals surface area contributed by atoms with Crippen molar-refractivity contribution in [3.05, 3.63) is 83.4 Å². The number of allylic oxidation sites excluding steroid dienone is 1. The SMILES string of the molecule is CN=C/C(=C\N)c1cc(Nc2ncc(Br)c(Nc3ccc4nccnc4c3NS(C)=O)n2)c(OC)cc1N1CCN(C(=O)CN2CCN(c3ccc(NC4CCC(=O)NC4=O)cc3)CC2)CC1. The Morgan fingerprint density at radius 1 is 0.970 bits per heavy atom. The van der Waals surface area contributed by atoms with Crippen LogP contribution in [-0.4, -0.2) is 143 Å². The number of amides is 3. The Kier molecular flexibility index (Phi) is 14.7. The van der Waals surface area contributed by atoms with Gasteiger partial charge in [-0.2, -0.15) is 4.98 Å². The second kappa shape index (κ2) is 21.2. The van der Waals surface area contributed by atoms with E-state index in [0.29, 0.717) is 95.3 Å². The lowest BCUT2D eigenvalue weighted by Crippen LogP contribution is -2.54. The number of aromatic nitrogens is 4. The van der Waals surface area contributed by atoms with Crippen LogP contribution in [0.1, 0.15) is 18.4 Å². The first-order chi connectivity index (χ1) is 32.5. The number of nitrogens with zero attached hydrogens (tertiary/aromatic N) is 9. The lowest BCUT2D eigenvalue weighted by molar-refractivity contribution is -0.134. The Morgan fingerprint density at radius 2 is 1.72 bits per heavy atom. The summed E-state index contributed by atoms with van der Waals surface area (Å²) in [6.45, 7) is 5.68. The van der Waals surface area contributed by atoms with Crippen molar-refractivity contribution >= 4 is 113 Å². The number of anilines is 8. The summed E-state index contributed by atoms with van der Waals surface area (Å²) >= 11 is 3.57. The van der Waals surface area contributed by atoms with Crippen LogP contribution in [0.15, 0.2) is 82.8 Å². The molecule has 5 aromatic rings. The van der Waals surface area contributed by atoms with Crippen molar-refractivity contribution in [2.24, 2.45) is 10.7 Å². The van der Waals surface area contributed by atoms with Crippen LogP contribution in [0, 0.1) is 0 Å². The van der Waals surface area contributed by atoms with Crippen LogP contribution in [0.5, 0.6) is 5.75 Å². The minimum Gasteiger partial charge on any atom is -0.494 e. The minimum absolute atomic E-state index is 0.0976. The summed E-state index contributed by atoms with van der Waals surface area (Å²) in [5.74, 6) is 0.798. The van der Waals surface area contributed by atoms with E-state index in [4.69, 9.17) is 15.5 Å². The molecule has 3 fully saturated rings. The van der Waals surface area contributed by atoms with Crippen molar-refractivity contribution in [2.75, 3.05) is 110 Å². The molecule has 3 amide bonds. The van der Waals surface area contributed by atoms with Crippen molar-refractivity contribution in [3.8, 4) is 5.75 Å². The number of hydrogen-bond acceptors (Lipinski definition) is 17. The van der Waals surface area contributed by atoms with E-state index in [0.717, 1.165) is 48.8 Å². The van der Waals surface area contributed by atoms with Crippen molar-refractivity contribution < 1.29 is 23.3 Å². The van der Waals surface area contributed by atoms with E-state index in [9.17, 15) is 18.6 Å². The van der Waals surface area contributed by atoms with Gasteiger partial charge in [0.25, 0.3) is 0 Å². The van der Waals surface area contributed by atoms with E-state index in [2.05, 4.69) is 76.6 Å². The van der Waals surface area contributed by atoms with Crippen molar-refractivity contribution in [3.63, 3.8) is 0 Å². The number of benzene rings is 3. The maximum absolute atomic E-state index is 13.7. The van der Waals surface area contributed by atoms with Crippen LogP contribution in [0.3, 0.4) is 0 Å². The molecule has 0 radical (unpaired) electrons. The first kappa shape index (κ1) is 46.6. The molecule has 0 bridgehead atoms. The number of halogens is 1. The second-order valence-electron chi connectivity index (χ2n) is 16.0. The molecule has 5 heterocycles. The fourth-order valence-corrected chi connectivity index (χ4v) is 9.06. The molecule has 0 aliphatic carbocycles. The van der Waals surface area contributed by atoms with Crippen molar-refractivity contribution in [1.82, 2.24) is 35.1 Å². The molecule has 20 nitrogen and oxygen atoms in total. The molecule has 2 unspecified atom stereocenters. The fraction of sp³-hybridized carbons (Fsp3) is 0.333. The van der Waals surface area contributed by atoms with E-state index in [1.54, 1.807) is 39.0 Å². The van der Waals surface area contributed by atoms with Gasteiger partial charge in [0.2, 0.25) is 23.7 Å². The lowest BCUT2D eigenvalue weighted by atomic mass is 10.0. The van der Waals surface area contributed by atoms with E-state index in [-0.39, 0.29) is 23.7 Å². The number of methoxy groups -OCH3 is 1. The summed E-state index contributed by atoms with van der Waals surface area (Å²) in [6, 6.07) is 15.0. The molecular formula is C45H52BrN15O5S. The zero-order valence-corrected chi connectivity index (χ0v) is 39.7. The minimum atomic E-state index is -1.40. The number of ether oxygens (including phenoxy) is 1. The van der Waals surface area contributed by atoms with Crippen LogP contribution < -0.4 is 46.3 Å². The summed E-state index contributed by atoms with van der Waals surface area (Å²) in [5.41, 5.74) is 13.3. The zero-order valence-electron chi connectivity index (χ0n) is 37.3. The standard InChI is InChI=1S/C45H52BrN15O5S/c1-48-25-28(24-47)31-22-36(54-45-51-26-32(46)43(56-45)53-34-9-8-33-41(50-13-12-49-33)42(34)57-67(3)65)38(66-2)23-37(31)60-18-20-61(21-19-60)40(63)27-58-14-16-59(17-15-58)30-6-4-29(5-7-30)52-35-10-11-39(62)55-44(35)64/h4-9,12-13,22-26,35,52,57H,10-11,14-21,27,47H2,1-3H3,(H,55,62,64)(H2,51,53,54,56)/b28-24+,48-25?.